The van der Waals surface area contributed by atoms with Gasteiger partial charge < -0.3 is 10.1 Å². The zero-order chi connectivity index (χ0) is 18.4. The Morgan fingerprint density at radius 1 is 1.28 bits per heavy atom. The van der Waals surface area contributed by atoms with Crippen molar-refractivity contribution in [3.05, 3.63) is 54.0 Å². The molecule has 0 radical (unpaired) electrons. The Labute approximate surface area is 145 Å². The van der Waals surface area contributed by atoms with Gasteiger partial charge in [0.25, 0.3) is 0 Å². The van der Waals surface area contributed by atoms with Gasteiger partial charge in [-0.25, -0.2) is 17.8 Å². The Bertz CT molecular complexity index is 841. The van der Waals surface area contributed by atoms with E-state index in [2.05, 4.69) is 10.3 Å². The number of ether oxygens (including phenoxy) is 1. The number of likely N-dealkylation sites (N-methyl/N-ethyl adjacent to an activating group) is 1. The van der Waals surface area contributed by atoms with Crippen molar-refractivity contribution in [1.29, 1.82) is 0 Å². The fourth-order valence-corrected chi connectivity index (χ4v) is 2.17. The summed E-state index contributed by atoms with van der Waals surface area (Å²) >= 11 is 0. The van der Waals surface area contributed by atoms with Crippen LogP contribution >= 0.6 is 0 Å². The number of nitrogens with one attached hydrogen (secondary N) is 1. The smallest absolute Gasteiger partial charge is 0.235 e. The first-order chi connectivity index (χ1) is 11.7. The summed E-state index contributed by atoms with van der Waals surface area (Å²) in [5, 5.41) is 2.62. The van der Waals surface area contributed by atoms with Crippen molar-refractivity contribution in [1.82, 2.24) is 14.6 Å². The molecule has 0 fully saturated rings. The predicted octanol–water partition coefficient (Wildman–Crippen LogP) is 1.52. The maximum absolute atomic E-state index is 12.9. The number of pyridine rings is 1. The average Bonchev–Trinajstić information content (AvgIpc) is 2.55. The summed E-state index contributed by atoms with van der Waals surface area (Å²) in [6, 6.07) is 8.83. The largest absolute Gasteiger partial charge is 0.439 e. The third kappa shape index (κ3) is 6.12. The van der Waals surface area contributed by atoms with E-state index in [0.717, 1.165) is 16.1 Å². The maximum Gasteiger partial charge on any atom is 0.235 e. The van der Waals surface area contributed by atoms with E-state index in [1.165, 1.54) is 37.5 Å². The molecular weight excluding hydrogens is 349 g/mol. The number of aromatic nitrogens is 1. The van der Waals surface area contributed by atoms with E-state index in [1.807, 2.05) is 0 Å². The molecule has 1 aromatic carbocycles. The molecule has 0 unspecified atom stereocenters. The molecule has 0 saturated heterocycles. The van der Waals surface area contributed by atoms with E-state index in [4.69, 9.17) is 4.74 Å². The van der Waals surface area contributed by atoms with Crippen molar-refractivity contribution in [2.75, 3.05) is 19.8 Å². The van der Waals surface area contributed by atoms with Gasteiger partial charge in [-0.1, -0.05) is 0 Å². The quantitative estimate of drug-likeness (QED) is 0.802. The highest BCUT2D eigenvalue weighted by atomic mass is 32.2. The van der Waals surface area contributed by atoms with Crippen LogP contribution in [0.2, 0.25) is 0 Å². The van der Waals surface area contributed by atoms with Gasteiger partial charge in [0, 0.05) is 25.9 Å². The Morgan fingerprint density at radius 3 is 2.60 bits per heavy atom. The van der Waals surface area contributed by atoms with E-state index in [1.54, 1.807) is 12.1 Å². The van der Waals surface area contributed by atoms with Crippen molar-refractivity contribution in [2.24, 2.45) is 0 Å². The summed E-state index contributed by atoms with van der Waals surface area (Å²) < 4.78 is 41.9. The number of carbonyl (C=O) groups excluding carboxylic acids is 1. The zero-order valence-corrected chi connectivity index (χ0v) is 14.6. The molecular formula is C16H18FN3O4S. The molecule has 2 aromatic rings. The molecule has 25 heavy (non-hydrogen) atoms. The molecule has 0 saturated carbocycles. The number of benzene rings is 1. The number of rotatable bonds is 7. The lowest BCUT2D eigenvalue weighted by Crippen LogP contribution is -2.37. The maximum atomic E-state index is 12.9. The standard InChI is InChI=1S/C16H18FN3O4S/c1-20(25(2,22)23)11-15(21)19-10-12-7-8-18-16(9-12)24-14-5-3-13(17)4-6-14/h3-9H,10-11H2,1-2H3,(H,19,21). The molecule has 1 amide bonds. The normalized spacial score (nSPS) is 11.4. The monoisotopic (exact) mass is 367 g/mol. The van der Waals surface area contributed by atoms with Crippen molar-refractivity contribution < 1.29 is 22.3 Å². The molecule has 1 aromatic heterocycles. The summed E-state index contributed by atoms with van der Waals surface area (Å²) in [5.41, 5.74) is 0.725. The summed E-state index contributed by atoms with van der Waals surface area (Å²) in [7, 11) is -2.08. The molecule has 1 N–H and O–H groups in total. The Hall–Kier alpha value is -2.52. The number of hydrogen-bond donors (Lipinski definition) is 1. The first-order valence-corrected chi connectivity index (χ1v) is 9.15. The average molecular weight is 367 g/mol. The number of sulfonamides is 1. The van der Waals surface area contributed by atoms with E-state index in [-0.39, 0.29) is 18.9 Å². The third-order valence-corrected chi connectivity index (χ3v) is 4.52. The molecule has 9 heteroatoms. The van der Waals surface area contributed by atoms with Crippen molar-refractivity contribution in [3.8, 4) is 11.6 Å². The molecule has 0 aliphatic rings. The predicted molar refractivity (Wildman–Crippen MR) is 90.0 cm³/mol. The molecule has 2 rings (SSSR count). The van der Waals surface area contributed by atoms with Gasteiger partial charge in [0.2, 0.25) is 21.8 Å². The fourth-order valence-electron chi connectivity index (χ4n) is 1.82. The molecule has 7 nitrogen and oxygen atoms in total. The number of amides is 1. The summed E-state index contributed by atoms with van der Waals surface area (Å²) in [6.07, 6.45) is 2.55. The van der Waals surface area contributed by atoms with Crippen LogP contribution in [-0.4, -0.2) is 43.5 Å². The second-order valence-corrected chi connectivity index (χ2v) is 7.44. The van der Waals surface area contributed by atoms with Crippen LogP contribution in [0.5, 0.6) is 11.6 Å². The Kier molecular flexibility index (Phi) is 6.05. The number of carbonyl (C=O) groups is 1. The van der Waals surface area contributed by atoms with Gasteiger partial charge in [-0.05, 0) is 35.9 Å². The van der Waals surface area contributed by atoms with Crippen molar-refractivity contribution in [3.63, 3.8) is 0 Å². The highest BCUT2D eigenvalue weighted by Crippen LogP contribution is 2.20. The minimum absolute atomic E-state index is 0.193. The van der Waals surface area contributed by atoms with Crippen LogP contribution < -0.4 is 10.1 Å². The first kappa shape index (κ1) is 18.8. The number of halogens is 1. The fraction of sp³-hybridized carbons (Fsp3) is 0.250. The van der Waals surface area contributed by atoms with Crippen molar-refractivity contribution in [2.45, 2.75) is 6.54 Å². The van der Waals surface area contributed by atoms with Crippen LogP contribution in [0.3, 0.4) is 0 Å². The SMILES string of the molecule is CN(CC(=O)NCc1ccnc(Oc2ccc(F)cc2)c1)S(C)(=O)=O. The molecule has 134 valence electrons. The van der Waals surface area contributed by atoms with Crippen molar-refractivity contribution >= 4 is 15.9 Å². The lowest BCUT2D eigenvalue weighted by Gasteiger charge is -2.13. The molecule has 0 aliphatic carbocycles. The second-order valence-electron chi connectivity index (χ2n) is 5.35. The van der Waals surface area contributed by atoms with E-state index < -0.39 is 15.9 Å². The molecule has 0 spiro atoms. The zero-order valence-electron chi connectivity index (χ0n) is 13.8. The lowest BCUT2D eigenvalue weighted by atomic mass is 10.2. The minimum Gasteiger partial charge on any atom is -0.439 e. The molecule has 1 heterocycles. The highest BCUT2D eigenvalue weighted by molar-refractivity contribution is 7.88. The summed E-state index contributed by atoms with van der Waals surface area (Å²) in [6.45, 7) is -0.0679. The Balaban J connectivity index is 1.93. The summed E-state index contributed by atoms with van der Waals surface area (Å²) in [5.74, 6) is -0.0574. The summed E-state index contributed by atoms with van der Waals surface area (Å²) in [4.78, 5) is 15.8. The third-order valence-electron chi connectivity index (χ3n) is 3.26. The molecule has 0 aliphatic heterocycles. The van der Waals surface area contributed by atoms with Gasteiger partial charge >= 0.3 is 0 Å². The van der Waals surface area contributed by atoms with Crippen LogP contribution in [0.1, 0.15) is 5.56 Å². The van der Waals surface area contributed by atoms with Gasteiger partial charge in [0.05, 0.1) is 12.8 Å². The molecule has 0 bridgehead atoms. The van der Waals surface area contributed by atoms with Crippen LogP contribution in [0.25, 0.3) is 0 Å². The van der Waals surface area contributed by atoms with Crippen LogP contribution in [0.15, 0.2) is 42.6 Å². The molecule has 0 atom stereocenters. The van der Waals surface area contributed by atoms with Gasteiger partial charge in [-0.15, -0.1) is 0 Å². The Morgan fingerprint density at radius 2 is 1.96 bits per heavy atom. The number of hydrogen-bond acceptors (Lipinski definition) is 5. The van der Waals surface area contributed by atoms with Gasteiger partial charge in [0.15, 0.2) is 0 Å². The first-order valence-electron chi connectivity index (χ1n) is 7.30. The van der Waals surface area contributed by atoms with E-state index in [0.29, 0.717) is 11.6 Å². The second kappa shape index (κ2) is 8.04. The van der Waals surface area contributed by atoms with Gasteiger partial charge in [0.1, 0.15) is 11.6 Å². The topological polar surface area (TPSA) is 88.6 Å². The minimum atomic E-state index is -3.41. The van der Waals surface area contributed by atoms with Gasteiger partial charge in [-0.2, -0.15) is 4.31 Å². The van der Waals surface area contributed by atoms with E-state index >= 15 is 0 Å². The highest BCUT2D eigenvalue weighted by Gasteiger charge is 2.14. The lowest BCUT2D eigenvalue weighted by molar-refractivity contribution is -0.121. The van der Waals surface area contributed by atoms with Gasteiger partial charge in [-0.3, -0.25) is 4.79 Å². The van der Waals surface area contributed by atoms with Crippen LogP contribution in [-0.2, 0) is 21.4 Å². The van der Waals surface area contributed by atoms with E-state index in [9.17, 15) is 17.6 Å². The van der Waals surface area contributed by atoms with Crippen LogP contribution in [0.4, 0.5) is 4.39 Å². The number of nitrogens with zero attached hydrogens (tertiary/aromatic N) is 2. The van der Waals surface area contributed by atoms with Crippen LogP contribution in [0, 0.1) is 5.82 Å².